The van der Waals surface area contributed by atoms with E-state index < -0.39 is 0 Å². The Hall–Kier alpha value is -3.14. The number of allylic oxidation sites excluding steroid dienone is 2. The Labute approximate surface area is 126 Å². The highest BCUT2D eigenvalue weighted by molar-refractivity contribution is 6.04. The van der Waals surface area contributed by atoms with Crippen molar-refractivity contribution in [1.82, 2.24) is 0 Å². The number of rotatable bonds is 1. The number of carbonyl (C=O) groups excluding carboxylic acids is 2. The molecule has 4 rings (SSSR count). The van der Waals surface area contributed by atoms with E-state index >= 15 is 0 Å². The second kappa shape index (κ2) is 4.70. The lowest BCUT2D eigenvalue weighted by Crippen LogP contribution is -1.92. The van der Waals surface area contributed by atoms with E-state index in [1.165, 1.54) is 0 Å². The number of fused-ring (bicyclic) bond motifs is 2. The summed E-state index contributed by atoms with van der Waals surface area (Å²) in [5.74, 6) is 0.162. The molecule has 0 unspecified atom stereocenters. The third-order valence-electron chi connectivity index (χ3n) is 3.62. The first-order chi connectivity index (χ1) is 10.7. The lowest BCUT2D eigenvalue weighted by molar-refractivity contribution is 0.0704. The van der Waals surface area contributed by atoms with Crippen LogP contribution in [0.4, 0.5) is 0 Å². The van der Waals surface area contributed by atoms with Gasteiger partial charge in [0.2, 0.25) is 0 Å². The molecular weight excluding hydrogens is 280 g/mol. The van der Waals surface area contributed by atoms with E-state index in [1.54, 1.807) is 36.4 Å². The Balaban J connectivity index is 1.75. The van der Waals surface area contributed by atoms with Crippen LogP contribution >= 0.6 is 0 Å². The Bertz CT molecular complexity index is 801. The summed E-state index contributed by atoms with van der Waals surface area (Å²) in [5.41, 5.74) is 2.55. The van der Waals surface area contributed by atoms with Crippen molar-refractivity contribution in [2.75, 3.05) is 0 Å². The molecule has 22 heavy (non-hydrogen) atoms. The third kappa shape index (κ3) is 1.85. The first kappa shape index (κ1) is 12.6. The molecule has 0 bridgehead atoms. The smallest absolute Gasteiger partial charge is 0.344 e. The van der Waals surface area contributed by atoms with Gasteiger partial charge in [0.05, 0.1) is 11.1 Å². The molecule has 2 aromatic rings. The standard InChI is InChI=1S/C18H10O4/c19-17-13-7-3-1-5-11(13)15(21-17)9-10-16-12-6-2-4-8-14(12)18(20)22-16/h1-10H/b15-9+,16-10+. The van der Waals surface area contributed by atoms with Gasteiger partial charge in [0.15, 0.2) is 0 Å². The molecule has 0 atom stereocenters. The fourth-order valence-electron chi connectivity index (χ4n) is 2.57. The Morgan fingerprint density at radius 1 is 0.591 bits per heavy atom. The molecule has 0 radical (unpaired) electrons. The zero-order valence-electron chi connectivity index (χ0n) is 11.4. The van der Waals surface area contributed by atoms with Crippen molar-refractivity contribution in [1.29, 1.82) is 0 Å². The van der Waals surface area contributed by atoms with E-state index in [9.17, 15) is 9.59 Å². The van der Waals surface area contributed by atoms with Crippen molar-refractivity contribution in [3.63, 3.8) is 0 Å². The predicted octanol–water partition coefficient (Wildman–Crippen LogP) is 3.41. The number of benzene rings is 2. The zero-order valence-corrected chi connectivity index (χ0v) is 11.4. The van der Waals surface area contributed by atoms with Crippen LogP contribution in [-0.4, -0.2) is 11.9 Å². The molecule has 0 N–H and O–H groups in total. The van der Waals surface area contributed by atoms with Crippen LogP contribution in [0.1, 0.15) is 31.8 Å². The molecule has 2 heterocycles. The van der Waals surface area contributed by atoms with E-state index in [0.717, 1.165) is 11.1 Å². The van der Waals surface area contributed by atoms with Crippen LogP contribution in [-0.2, 0) is 9.47 Å². The van der Waals surface area contributed by atoms with E-state index in [-0.39, 0.29) is 11.9 Å². The first-order valence-corrected chi connectivity index (χ1v) is 6.79. The highest BCUT2D eigenvalue weighted by atomic mass is 16.5. The Morgan fingerprint density at radius 2 is 0.955 bits per heavy atom. The maximum Gasteiger partial charge on any atom is 0.344 e. The highest BCUT2D eigenvalue weighted by Crippen LogP contribution is 2.32. The second-order valence-corrected chi connectivity index (χ2v) is 4.93. The van der Waals surface area contributed by atoms with Crippen molar-refractivity contribution in [3.05, 3.63) is 82.9 Å². The molecule has 0 fully saturated rings. The summed E-state index contributed by atoms with van der Waals surface area (Å²) in [6.07, 6.45) is 3.29. The van der Waals surface area contributed by atoms with E-state index in [2.05, 4.69) is 0 Å². The molecule has 0 spiro atoms. The minimum atomic E-state index is -0.371. The molecule has 4 nitrogen and oxygen atoms in total. The number of esters is 2. The Morgan fingerprint density at radius 3 is 1.36 bits per heavy atom. The van der Waals surface area contributed by atoms with Gasteiger partial charge in [-0.2, -0.15) is 0 Å². The summed E-state index contributed by atoms with van der Waals surface area (Å²) >= 11 is 0. The normalized spacial score (nSPS) is 19.1. The van der Waals surface area contributed by atoms with Crippen LogP contribution in [0.3, 0.4) is 0 Å². The van der Waals surface area contributed by atoms with Gasteiger partial charge < -0.3 is 9.47 Å². The monoisotopic (exact) mass is 290 g/mol. The molecule has 0 aliphatic carbocycles. The number of ether oxygens (including phenoxy) is 2. The van der Waals surface area contributed by atoms with Gasteiger partial charge in [-0.1, -0.05) is 36.4 Å². The molecule has 0 amide bonds. The molecule has 4 heteroatoms. The van der Waals surface area contributed by atoms with Gasteiger partial charge in [0.1, 0.15) is 11.5 Å². The summed E-state index contributed by atoms with van der Waals surface area (Å²) in [4.78, 5) is 23.5. The van der Waals surface area contributed by atoms with Crippen LogP contribution in [0.2, 0.25) is 0 Å². The van der Waals surface area contributed by atoms with Crippen molar-refractivity contribution in [3.8, 4) is 0 Å². The molecule has 2 aromatic carbocycles. The first-order valence-electron chi connectivity index (χ1n) is 6.79. The van der Waals surface area contributed by atoms with Crippen molar-refractivity contribution in [2.45, 2.75) is 0 Å². The summed E-state index contributed by atoms with van der Waals surface area (Å²) in [6, 6.07) is 14.3. The largest absolute Gasteiger partial charge is 0.422 e. The highest BCUT2D eigenvalue weighted by Gasteiger charge is 2.27. The van der Waals surface area contributed by atoms with Crippen LogP contribution in [0, 0.1) is 0 Å². The van der Waals surface area contributed by atoms with Crippen LogP contribution in [0.5, 0.6) is 0 Å². The van der Waals surface area contributed by atoms with Crippen molar-refractivity contribution < 1.29 is 19.1 Å². The average molecular weight is 290 g/mol. The van der Waals surface area contributed by atoms with E-state index in [4.69, 9.17) is 9.47 Å². The number of hydrogen-bond donors (Lipinski definition) is 0. The SMILES string of the molecule is O=C1O/C(=C/C=C2/OC(=O)c3ccccc32)c2ccccc21. The van der Waals surface area contributed by atoms with E-state index in [0.29, 0.717) is 22.6 Å². The zero-order chi connectivity index (χ0) is 15.1. The lowest BCUT2D eigenvalue weighted by Gasteiger charge is -1.98. The third-order valence-corrected chi connectivity index (χ3v) is 3.62. The number of carbonyl (C=O) groups is 2. The van der Waals surface area contributed by atoms with Crippen molar-refractivity contribution >= 4 is 23.5 Å². The number of hydrogen-bond acceptors (Lipinski definition) is 4. The summed E-state index contributed by atoms with van der Waals surface area (Å²) < 4.78 is 10.5. The Kier molecular flexibility index (Phi) is 2.69. The minimum absolute atomic E-state index is 0.371. The van der Waals surface area contributed by atoms with Crippen LogP contribution < -0.4 is 0 Å². The molecule has 0 aromatic heterocycles. The molecule has 2 aliphatic rings. The second-order valence-electron chi connectivity index (χ2n) is 4.93. The van der Waals surface area contributed by atoms with Gasteiger partial charge in [0, 0.05) is 11.1 Å². The van der Waals surface area contributed by atoms with Crippen LogP contribution in [0.25, 0.3) is 11.5 Å². The molecular formula is C18H10O4. The molecule has 0 saturated carbocycles. The van der Waals surface area contributed by atoms with Gasteiger partial charge >= 0.3 is 11.9 Å². The maximum atomic E-state index is 11.8. The van der Waals surface area contributed by atoms with Gasteiger partial charge in [-0.15, -0.1) is 0 Å². The van der Waals surface area contributed by atoms with Gasteiger partial charge in [-0.05, 0) is 24.3 Å². The predicted molar refractivity (Wildman–Crippen MR) is 79.7 cm³/mol. The quantitative estimate of drug-likeness (QED) is 0.755. The fraction of sp³-hybridized carbons (Fsp3) is 0. The average Bonchev–Trinajstić information content (AvgIpc) is 3.04. The minimum Gasteiger partial charge on any atom is -0.422 e. The topological polar surface area (TPSA) is 52.6 Å². The van der Waals surface area contributed by atoms with Gasteiger partial charge in [-0.25, -0.2) is 9.59 Å². The lowest BCUT2D eigenvalue weighted by atomic mass is 10.1. The van der Waals surface area contributed by atoms with Gasteiger partial charge in [-0.3, -0.25) is 0 Å². The van der Waals surface area contributed by atoms with Gasteiger partial charge in [0.25, 0.3) is 0 Å². The molecule has 2 aliphatic heterocycles. The fourth-order valence-corrected chi connectivity index (χ4v) is 2.57. The van der Waals surface area contributed by atoms with Crippen molar-refractivity contribution in [2.24, 2.45) is 0 Å². The maximum absolute atomic E-state index is 11.8. The summed E-state index contributed by atoms with van der Waals surface area (Å²) in [6.45, 7) is 0. The summed E-state index contributed by atoms with van der Waals surface area (Å²) in [7, 11) is 0. The van der Waals surface area contributed by atoms with Crippen LogP contribution in [0.15, 0.2) is 60.7 Å². The number of cyclic esters (lactones) is 2. The molecule has 106 valence electrons. The van der Waals surface area contributed by atoms with E-state index in [1.807, 2.05) is 24.3 Å². The molecule has 0 saturated heterocycles. The summed E-state index contributed by atoms with van der Waals surface area (Å²) in [5, 5.41) is 0.